The predicted octanol–water partition coefficient (Wildman–Crippen LogP) is 5.19. The summed E-state index contributed by atoms with van der Waals surface area (Å²) in [4.78, 5) is 1.86. The molecule has 0 saturated heterocycles. The van der Waals surface area contributed by atoms with Gasteiger partial charge in [0.1, 0.15) is 0 Å². The van der Waals surface area contributed by atoms with Gasteiger partial charge in [0, 0.05) is 4.90 Å². The summed E-state index contributed by atoms with van der Waals surface area (Å²) in [6, 6.07) is 15.1. The summed E-state index contributed by atoms with van der Waals surface area (Å²) in [7, 11) is 6.26. The van der Waals surface area contributed by atoms with E-state index in [9.17, 15) is 10.2 Å². The third-order valence-corrected chi connectivity index (χ3v) is 8.08. The van der Waals surface area contributed by atoms with Crippen LogP contribution < -0.4 is 0 Å². The second kappa shape index (κ2) is 7.13. The maximum absolute atomic E-state index is 9.61. The van der Waals surface area contributed by atoms with Gasteiger partial charge in [-0.25, -0.2) is 0 Å². The molecule has 6 heteroatoms. The van der Waals surface area contributed by atoms with E-state index in [0.29, 0.717) is 4.90 Å². The fourth-order valence-electron chi connectivity index (χ4n) is 1.16. The van der Waals surface area contributed by atoms with Gasteiger partial charge in [-0.05, 0) is 65.5 Å². The van der Waals surface area contributed by atoms with Crippen LogP contribution in [0.4, 0.5) is 0 Å². The molecule has 0 fully saturated rings. The SMILES string of the molecule is Oc1cccc(SSSSc2ccccc2)c1O. The Balaban J connectivity index is 1.81. The highest BCUT2D eigenvalue weighted by atomic mass is 33.7. The van der Waals surface area contributed by atoms with Crippen LogP contribution in [0.2, 0.25) is 0 Å². The molecule has 0 saturated carbocycles. The topological polar surface area (TPSA) is 40.5 Å². The fourth-order valence-corrected chi connectivity index (χ4v) is 6.68. The lowest BCUT2D eigenvalue weighted by Gasteiger charge is -2.04. The molecule has 2 rings (SSSR count). The van der Waals surface area contributed by atoms with Crippen LogP contribution in [0.3, 0.4) is 0 Å². The van der Waals surface area contributed by atoms with Crippen LogP contribution in [0.5, 0.6) is 11.5 Å². The molecule has 0 aliphatic carbocycles. The van der Waals surface area contributed by atoms with Gasteiger partial charge in [0.05, 0.1) is 4.90 Å². The van der Waals surface area contributed by atoms with E-state index >= 15 is 0 Å². The Morgan fingerprint density at radius 3 is 2.22 bits per heavy atom. The quantitative estimate of drug-likeness (QED) is 0.449. The monoisotopic (exact) mass is 314 g/mol. The van der Waals surface area contributed by atoms with Crippen molar-refractivity contribution in [1.29, 1.82) is 0 Å². The highest BCUT2D eigenvalue weighted by Crippen LogP contribution is 2.51. The van der Waals surface area contributed by atoms with E-state index in [-0.39, 0.29) is 11.5 Å². The summed E-state index contributed by atoms with van der Waals surface area (Å²) < 4.78 is 0. The van der Waals surface area contributed by atoms with Crippen LogP contribution in [0.15, 0.2) is 58.3 Å². The van der Waals surface area contributed by atoms with Crippen LogP contribution in [0, 0.1) is 0 Å². The van der Waals surface area contributed by atoms with Gasteiger partial charge in [-0.1, -0.05) is 24.3 Å². The van der Waals surface area contributed by atoms with Crippen molar-refractivity contribution in [1.82, 2.24) is 0 Å². The van der Waals surface area contributed by atoms with E-state index in [2.05, 4.69) is 12.1 Å². The van der Waals surface area contributed by atoms with Gasteiger partial charge in [-0.15, -0.1) is 0 Å². The van der Waals surface area contributed by atoms with Gasteiger partial charge in [0.2, 0.25) is 0 Å². The molecule has 0 amide bonds. The van der Waals surface area contributed by atoms with Crippen molar-refractivity contribution < 1.29 is 10.2 Å². The molecular formula is C12H10O2S4. The molecule has 2 aromatic carbocycles. The maximum Gasteiger partial charge on any atom is 0.172 e. The molecule has 0 aliphatic rings. The van der Waals surface area contributed by atoms with E-state index in [1.54, 1.807) is 42.6 Å². The molecule has 2 N–H and O–H groups in total. The van der Waals surface area contributed by atoms with Gasteiger partial charge < -0.3 is 10.2 Å². The van der Waals surface area contributed by atoms with E-state index in [1.165, 1.54) is 21.8 Å². The van der Waals surface area contributed by atoms with Gasteiger partial charge >= 0.3 is 0 Å². The summed E-state index contributed by atoms with van der Waals surface area (Å²) in [6.45, 7) is 0. The Labute approximate surface area is 121 Å². The Kier molecular flexibility index (Phi) is 5.49. The second-order valence-corrected chi connectivity index (χ2v) is 9.02. The summed E-state index contributed by atoms with van der Waals surface area (Å²) >= 11 is 0. The van der Waals surface area contributed by atoms with Crippen LogP contribution in [0.25, 0.3) is 0 Å². The Morgan fingerprint density at radius 2 is 1.44 bits per heavy atom. The number of hydrogen-bond donors (Lipinski definition) is 2. The third kappa shape index (κ3) is 3.98. The minimum absolute atomic E-state index is 0.0553. The molecule has 0 radical (unpaired) electrons. The third-order valence-electron chi connectivity index (χ3n) is 2.00. The van der Waals surface area contributed by atoms with Gasteiger partial charge in [-0.3, -0.25) is 0 Å². The largest absolute Gasteiger partial charge is 0.504 e. The summed E-state index contributed by atoms with van der Waals surface area (Å²) in [5, 5.41) is 19.0. The van der Waals surface area contributed by atoms with Crippen molar-refractivity contribution in [3.05, 3.63) is 48.5 Å². The average Bonchev–Trinajstić information content (AvgIpc) is 2.40. The molecule has 0 aliphatic heterocycles. The molecule has 18 heavy (non-hydrogen) atoms. The molecule has 94 valence electrons. The highest BCUT2D eigenvalue weighted by Gasteiger charge is 2.06. The lowest BCUT2D eigenvalue weighted by molar-refractivity contribution is 0.395. The standard InChI is InChI=1S/C12H10O2S4/c13-10-7-4-8-11(12(10)14)16-18-17-15-9-5-2-1-3-6-9/h1-8,13-14H. The van der Waals surface area contributed by atoms with E-state index in [4.69, 9.17) is 0 Å². The normalized spacial score (nSPS) is 10.4. The molecule has 0 aromatic heterocycles. The molecule has 0 unspecified atom stereocenters. The number of phenolic OH excluding ortho intramolecular Hbond substituents is 2. The van der Waals surface area contributed by atoms with Crippen molar-refractivity contribution in [3.63, 3.8) is 0 Å². The Hall–Kier alpha value is -0.560. The second-order valence-electron chi connectivity index (χ2n) is 3.24. The van der Waals surface area contributed by atoms with Crippen LogP contribution in [-0.2, 0) is 0 Å². The van der Waals surface area contributed by atoms with Crippen molar-refractivity contribution in [3.8, 4) is 11.5 Å². The maximum atomic E-state index is 9.61. The average molecular weight is 314 g/mol. The van der Waals surface area contributed by atoms with Crippen molar-refractivity contribution in [2.75, 3.05) is 0 Å². The first-order chi connectivity index (χ1) is 8.77. The van der Waals surface area contributed by atoms with Crippen LogP contribution >= 0.6 is 41.2 Å². The summed E-state index contributed by atoms with van der Waals surface area (Å²) in [5.74, 6) is -0.137. The van der Waals surface area contributed by atoms with Crippen molar-refractivity contribution in [2.45, 2.75) is 9.79 Å². The van der Waals surface area contributed by atoms with Gasteiger partial charge in [0.15, 0.2) is 11.5 Å². The van der Waals surface area contributed by atoms with Crippen molar-refractivity contribution >= 4 is 41.2 Å². The van der Waals surface area contributed by atoms with Gasteiger partial charge in [-0.2, -0.15) is 0 Å². The van der Waals surface area contributed by atoms with Crippen LogP contribution in [-0.4, -0.2) is 10.2 Å². The zero-order valence-corrected chi connectivity index (χ0v) is 12.4. The van der Waals surface area contributed by atoms with E-state index in [0.717, 1.165) is 0 Å². The lowest BCUT2D eigenvalue weighted by atomic mass is 10.3. The number of hydrogen-bond acceptors (Lipinski definition) is 6. The molecule has 2 nitrogen and oxygen atoms in total. The van der Waals surface area contributed by atoms with Crippen molar-refractivity contribution in [2.24, 2.45) is 0 Å². The Bertz CT molecular complexity index is 505. The van der Waals surface area contributed by atoms with E-state index < -0.39 is 0 Å². The minimum Gasteiger partial charge on any atom is -0.504 e. The number of rotatable bonds is 5. The summed E-state index contributed by atoms with van der Waals surface area (Å²) in [5.41, 5.74) is 0. The van der Waals surface area contributed by atoms with E-state index in [1.807, 2.05) is 18.2 Å². The number of aromatic hydroxyl groups is 2. The molecule has 0 spiro atoms. The molecular weight excluding hydrogens is 304 g/mol. The predicted molar refractivity (Wildman–Crippen MR) is 83.1 cm³/mol. The molecule has 0 atom stereocenters. The molecule has 0 bridgehead atoms. The molecule has 0 heterocycles. The number of benzene rings is 2. The smallest absolute Gasteiger partial charge is 0.172 e. The first kappa shape index (κ1) is 13.9. The zero-order chi connectivity index (χ0) is 12.8. The van der Waals surface area contributed by atoms with Gasteiger partial charge in [0.25, 0.3) is 0 Å². The van der Waals surface area contributed by atoms with Crippen LogP contribution in [0.1, 0.15) is 0 Å². The first-order valence-electron chi connectivity index (χ1n) is 5.01. The highest BCUT2D eigenvalue weighted by molar-refractivity contribution is 9.26. The Morgan fingerprint density at radius 1 is 0.722 bits per heavy atom. The lowest BCUT2D eigenvalue weighted by Crippen LogP contribution is -1.71. The zero-order valence-electron chi connectivity index (χ0n) is 9.15. The fraction of sp³-hybridized carbons (Fsp3) is 0. The minimum atomic E-state index is -0.0821. The molecule has 2 aromatic rings. The first-order valence-corrected chi connectivity index (χ1v) is 9.83. The summed E-state index contributed by atoms with van der Waals surface area (Å²) in [6.07, 6.45) is 0. The number of phenols is 2. The number of para-hydroxylation sites is 1.